The number of benzene rings is 4. The van der Waals surface area contributed by atoms with E-state index in [2.05, 4.69) is 17.5 Å². The highest BCUT2D eigenvalue weighted by Gasteiger charge is 2.13. The van der Waals surface area contributed by atoms with Gasteiger partial charge in [-0.15, -0.1) is 0 Å². The van der Waals surface area contributed by atoms with E-state index in [0.717, 1.165) is 23.6 Å². The number of amides is 1. The molecule has 1 N–H and O–H groups in total. The number of carbonyl (C=O) groups is 2. The van der Waals surface area contributed by atoms with Crippen LogP contribution in [0.2, 0.25) is 0 Å². The standard InChI is InChI=1S/C31H30N2O6/c1-3-4-18-37-25-15-13-24(14-16-25)31(35)39-28-17-12-22(19-29(28)36-2)20-32-33-30(34)21-38-27-11-7-9-23-8-5-6-10-26(23)27/h5-17,19-20H,3-4,18,21H2,1-2H3,(H,33,34). The average molecular weight is 527 g/mol. The van der Waals surface area contributed by atoms with E-state index in [0.29, 0.717) is 35.0 Å². The smallest absolute Gasteiger partial charge is 0.343 e. The summed E-state index contributed by atoms with van der Waals surface area (Å²) in [7, 11) is 1.47. The van der Waals surface area contributed by atoms with Crippen LogP contribution in [0.4, 0.5) is 0 Å². The first-order chi connectivity index (χ1) is 19.1. The molecule has 39 heavy (non-hydrogen) atoms. The summed E-state index contributed by atoms with van der Waals surface area (Å²) in [5.74, 6) is 1.01. The molecule has 0 spiro atoms. The van der Waals surface area contributed by atoms with E-state index in [1.807, 2.05) is 42.5 Å². The van der Waals surface area contributed by atoms with Crippen molar-refractivity contribution < 1.29 is 28.5 Å². The first-order valence-electron chi connectivity index (χ1n) is 12.6. The van der Waals surface area contributed by atoms with Crippen molar-refractivity contribution in [1.82, 2.24) is 5.43 Å². The summed E-state index contributed by atoms with van der Waals surface area (Å²) in [5.41, 5.74) is 3.47. The van der Waals surface area contributed by atoms with Gasteiger partial charge in [-0.3, -0.25) is 4.79 Å². The lowest BCUT2D eigenvalue weighted by molar-refractivity contribution is -0.123. The van der Waals surface area contributed by atoms with Crippen molar-refractivity contribution in [3.63, 3.8) is 0 Å². The molecule has 0 atom stereocenters. The molecule has 4 aromatic carbocycles. The first kappa shape index (κ1) is 27.2. The molecule has 0 radical (unpaired) electrons. The van der Waals surface area contributed by atoms with Crippen LogP contribution in [0.1, 0.15) is 35.7 Å². The van der Waals surface area contributed by atoms with Gasteiger partial charge in [0.15, 0.2) is 18.1 Å². The van der Waals surface area contributed by atoms with Crippen LogP contribution in [0.5, 0.6) is 23.0 Å². The molecule has 0 saturated heterocycles. The molecule has 0 bridgehead atoms. The number of nitrogens with zero attached hydrogens (tertiary/aromatic N) is 1. The Morgan fingerprint density at radius 1 is 0.872 bits per heavy atom. The van der Waals surface area contributed by atoms with Crippen molar-refractivity contribution in [2.45, 2.75) is 19.8 Å². The molecule has 8 heteroatoms. The normalized spacial score (nSPS) is 10.8. The van der Waals surface area contributed by atoms with Gasteiger partial charge in [0.25, 0.3) is 5.91 Å². The maximum absolute atomic E-state index is 12.6. The van der Waals surface area contributed by atoms with Gasteiger partial charge in [-0.05, 0) is 65.9 Å². The minimum atomic E-state index is -0.520. The van der Waals surface area contributed by atoms with Crippen molar-refractivity contribution in [2.24, 2.45) is 5.10 Å². The van der Waals surface area contributed by atoms with Crippen LogP contribution in [0, 0.1) is 0 Å². The molecule has 0 aliphatic carbocycles. The van der Waals surface area contributed by atoms with Crippen molar-refractivity contribution in [1.29, 1.82) is 0 Å². The summed E-state index contributed by atoms with van der Waals surface area (Å²) in [6, 6.07) is 25.2. The van der Waals surface area contributed by atoms with Gasteiger partial charge in [-0.2, -0.15) is 5.10 Å². The molecule has 4 aromatic rings. The third kappa shape index (κ3) is 7.58. The highest BCUT2D eigenvalue weighted by molar-refractivity contribution is 5.92. The van der Waals surface area contributed by atoms with E-state index >= 15 is 0 Å². The lowest BCUT2D eigenvalue weighted by Crippen LogP contribution is -2.24. The Morgan fingerprint density at radius 2 is 1.67 bits per heavy atom. The second-order valence-electron chi connectivity index (χ2n) is 8.59. The highest BCUT2D eigenvalue weighted by atomic mass is 16.6. The topological polar surface area (TPSA) is 95.5 Å². The van der Waals surface area contributed by atoms with Crippen LogP contribution in [-0.4, -0.2) is 38.4 Å². The summed E-state index contributed by atoms with van der Waals surface area (Å²) in [4.78, 5) is 24.8. The quantitative estimate of drug-likeness (QED) is 0.0827. The number of carbonyl (C=O) groups excluding carboxylic acids is 2. The van der Waals surface area contributed by atoms with Crippen LogP contribution >= 0.6 is 0 Å². The van der Waals surface area contributed by atoms with Gasteiger partial charge >= 0.3 is 5.97 Å². The zero-order valence-electron chi connectivity index (χ0n) is 21.9. The number of hydrogen-bond acceptors (Lipinski definition) is 7. The third-order valence-corrected chi connectivity index (χ3v) is 5.76. The number of fused-ring (bicyclic) bond motifs is 1. The van der Waals surface area contributed by atoms with E-state index in [1.165, 1.54) is 13.3 Å². The number of hydrogen-bond donors (Lipinski definition) is 1. The van der Waals surface area contributed by atoms with Gasteiger partial charge in [-0.25, -0.2) is 10.2 Å². The molecule has 4 rings (SSSR count). The number of esters is 1. The van der Waals surface area contributed by atoms with Gasteiger partial charge in [0.05, 0.1) is 25.5 Å². The Bertz CT molecular complexity index is 1440. The molecule has 0 heterocycles. The first-order valence-corrected chi connectivity index (χ1v) is 12.6. The predicted molar refractivity (Wildman–Crippen MR) is 150 cm³/mol. The molecule has 0 fully saturated rings. The predicted octanol–water partition coefficient (Wildman–Crippen LogP) is 5.78. The van der Waals surface area contributed by atoms with Crippen molar-refractivity contribution in [3.05, 3.63) is 96.1 Å². The largest absolute Gasteiger partial charge is 0.494 e. The summed E-state index contributed by atoms with van der Waals surface area (Å²) in [6.07, 6.45) is 3.48. The summed E-state index contributed by atoms with van der Waals surface area (Å²) in [5, 5.41) is 5.94. The lowest BCUT2D eigenvalue weighted by Gasteiger charge is -2.10. The van der Waals surface area contributed by atoms with Crippen molar-refractivity contribution >= 4 is 28.9 Å². The molecule has 8 nitrogen and oxygen atoms in total. The van der Waals surface area contributed by atoms with Gasteiger partial charge < -0.3 is 18.9 Å². The molecule has 1 amide bonds. The number of unbranched alkanes of at least 4 members (excludes halogenated alkanes) is 1. The molecular weight excluding hydrogens is 496 g/mol. The van der Waals surface area contributed by atoms with Crippen LogP contribution in [0.15, 0.2) is 90.0 Å². The van der Waals surface area contributed by atoms with Gasteiger partial charge in [0, 0.05) is 5.39 Å². The second-order valence-corrected chi connectivity index (χ2v) is 8.59. The molecule has 0 aliphatic heterocycles. The Kier molecular flexibility index (Phi) is 9.50. The Balaban J connectivity index is 1.30. The summed E-state index contributed by atoms with van der Waals surface area (Å²) in [6.45, 7) is 2.55. The number of methoxy groups -OCH3 is 1. The number of ether oxygens (including phenoxy) is 4. The fraction of sp³-hybridized carbons (Fsp3) is 0.194. The van der Waals surface area contributed by atoms with E-state index < -0.39 is 11.9 Å². The molecule has 0 aliphatic rings. The van der Waals surface area contributed by atoms with Gasteiger partial charge in [0.2, 0.25) is 0 Å². The van der Waals surface area contributed by atoms with Crippen molar-refractivity contribution in [2.75, 3.05) is 20.3 Å². The highest BCUT2D eigenvalue weighted by Crippen LogP contribution is 2.29. The fourth-order valence-electron chi connectivity index (χ4n) is 3.71. The maximum atomic E-state index is 12.6. The Labute approximate surface area is 227 Å². The molecule has 0 unspecified atom stereocenters. The summed E-state index contributed by atoms with van der Waals surface area (Å²) >= 11 is 0. The molecule has 0 aromatic heterocycles. The summed E-state index contributed by atoms with van der Waals surface area (Å²) < 4.78 is 22.2. The van der Waals surface area contributed by atoms with E-state index in [1.54, 1.807) is 42.5 Å². The SMILES string of the molecule is CCCCOc1ccc(C(=O)Oc2ccc(C=NNC(=O)COc3cccc4ccccc34)cc2OC)cc1. The van der Waals surface area contributed by atoms with Crippen molar-refractivity contribution in [3.8, 4) is 23.0 Å². The zero-order valence-corrected chi connectivity index (χ0v) is 21.9. The Morgan fingerprint density at radius 3 is 2.46 bits per heavy atom. The average Bonchev–Trinajstić information content (AvgIpc) is 2.97. The second kappa shape index (κ2) is 13.6. The van der Waals surface area contributed by atoms with Crippen LogP contribution in [0.3, 0.4) is 0 Å². The van der Waals surface area contributed by atoms with Gasteiger partial charge in [0.1, 0.15) is 11.5 Å². The zero-order chi connectivity index (χ0) is 27.5. The minimum absolute atomic E-state index is 0.185. The van der Waals surface area contributed by atoms with Crippen LogP contribution < -0.4 is 24.4 Å². The number of rotatable bonds is 12. The monoisotopic (exact) mass is 526 g/mol. The Hall–Kier alpha value is -4.85. The molecular formula is C31H30N2O6. The van der Waals surface area contributed by atoms with Crippen LogP contribution in [-0.2, 0) is 4.79 Å². The van der Waals surface area contributed by atoms with E-state index in [-0.39, 0.29) is 12.4 Å². The minimum Gasteiger partial charge on any atom is -0.494 e. The maximum Gasteiger partial charge on any atom is 0.343 e. The fourth-order valence-corrected chi connectivity index (χ4v) is 3.71. The number of nitrogens with one attached hydrogen (secondary N) is 1. The number of hydrazone groups is 1. The van der Waals surface area contributed by atoms with E-state index in [9.17, 15) is 9.59 Å². The molecule has 0 saturated carbocycles. The van der Waals surface area contributed by atoms with Crippen LogP contribution in [0.25, 0.3) is 10.8 Å². The third-order valence-electron chi connectivity index (χ3n) is 5.76. The van der Waals surface area contributed by atoms with Gasteiger partial charge in [-0.1, -0.05) is 49.7 Å². The van der Waals surface area contributed by atoms with E-state index in [4.69, 9.17) is 18.9 Å². The lowest BCUT2D eigenvalue weighted by atomic mass is 10.1. The molecule has 200 valence electrons.